The van der Waals surface area contributed by atoms with Crippen LogP contribution in [0.2, 0.25) is 0 Å². The van der Waals surface area contributed by atoms with Gasteiger partial charge in [0.2, 0.25) is 0 Å². The zero-order valence-corrected chi connectivity index (χ0v) is 8.44. The smallest absolute Gasteiger partial charge is 0.102 e. The Hall–Kier alpha value is -1.12. The Kier molecular flexibility index (Phi) is 4.36. The summed E-state index contributed by atoms with van der Waals surface area (Å²) in [7, 11) is 0. The van der Waals surface area contributed by atoms with Crippen LogP contribution in [0.1, 0.15) is 18.6 Å². The molecule has 76 valence electrons. The van der Waals surface area contributed by atoms with Gasteiger partial charge in [-0.25, -0.2) is 0 Å². The fourth-order valence-corrected chi connectivity index (χ4v) is 1.12. The second kappa shape index (κ2) is 5.58. The lowest BCUT2D eigenvalue weighted by Crippen LogP contribution is -2.08. The van der Waals surface area contributed by atoms with Gasteiger partial charge in [0.25, 0.3) is 0 Å². The molecule has 0 aromatic heterocycles. The first-order chi connectivity index (χ1) is 6.70. The summed E-state index contributed by atoms with van der Waals surface area (Å²) in [4.78, 5) is 0. The Bertz CT molecular complexity index is 280. The van der Waals surface area contributed by atoms with E-state index in [-0.39, 0.29) is 0 Å². The van der Waals surface area contributed by atoms with Crippen molar-refractivity contribution in [3.63, 3.8) is 0 Å². The maximum atomic E-state index is 9.68. The Morgan fingerprint density at radius 2 is 2.07 bits per heavy atom. The SMILES string of the molecule is C=C(C)COC[C@@H](O)c1ccccc1. The molecule has 0 bridgehead atoms. The van der Waals surface area contributed by atoms with Gasteiger partial charge in [0.15, 0.2) is 0 Å². The van der Waals surface area contributed by atoms with E-state index in [0.29, 0.717) is 13.2 Å². The summed E-state index contributed by atoms with van der Waals surface area (Å²) in [5.41, 5.74) is 1.85. The summed E-state index contributed by atoms with van der Waals surface area (Å²) in [6.07, 6.45) is -0.546. The van der Waals surface area contributed by atoms with E-state index < -0.39 is 6.10 Å². The normalized spacial score (nSPS) is 12.4. The molecule has 1 rings (SSSR count). The summed E-state index contributed by atoms with van der Waals surface area (Å²) in [6.45, 7) is 6.44. The van der Waals surface area contributed by atoms with Gasteiger partial charge in [0.05, 0.1) is 13.2 Å². The number of benzene rings is 1. The summed E-state index contributed by atoms with van der Waals surface area (Å²) in [6, 6.07) is 9.49. The van der Waals surface area contributed by atoms with Crippen LogP contribution in [-0.2, 0) is 4.74 Å². The van der Waals surface area contributed by atoms with Crippen molar-refractivity contribution >= 4 is 0 Å². The summed E-state index contributed by atoms with van der Waals surface area (Å²) < 4.78 is 5.26. The van der Waals surface area contributed by atoms with Crippen molar-refractivity contribution in [1.82, 2.24) is 0 Å². The number of ether oxygens (including phenoxy) is 1. The van der Waals surface area contributed by atoms with Crippen LogP contribution in [0, 0.1) is 0 Å². The van der Waals surface area contributed by atoms with E-state index in [9.17, 15) is 5.11 Å². The van der Waals surface area contributed by atoms with Crippen molar-refractivity contribution in [2.45, 2.75) is 13.0 Å². The predicted molar refractivity (Wildman–Crippen MR) is 57.0 cm³/mol. The zero-order valence-electron chi connectivity index (χ0n) is 8.44. The molecular weight excluding hydrogens is 176 g/mol. The molecule has 2 heteroatoms. The largest absolute Gasteiger partial charge is 0.386 e. The molecule has 1 aromatic rings. The van der Waals surface area contributed by atoms with Crippen LogP contribution in [0.3, 0.4) is 0 Å². The first-order valence-corrected chi connectivity index (χ1v) is 4.65. The van der Waals surface area contributed by atoms with Gasteiger partial charge in [-0.3, -0.25) is 0 Å². The van der Waals surface area contributed by atoms with Crippen LogP contribution in [0.5, 0.6) is 0 Å². The molecule has 0 aliphatic rings. The highest BCUT2D eigenvalue weighted by atomic mass is 16.5. The Morgan fingerprint density at radius 3 is 2.64 bits per heavy atom. The summed E-state index contributed by atoms with van der Waals surface area (Å²) in [5.74, 6) is 0. The van der Waals surface area contributed by atoms with Crippen molar-refractivity contribution in [3.05, 3.63) is 48.0 Å². The molecule has 1 N–H and O–H groups in total. The molecule has 0 unspecified atom stereocenters. The summed E-state index contributed by atoms with van der Waals surface area (Å²) in [5, 5.41) is 9.68. The lowest BCUT2D eigenvalue weighted by molar-refractivity contribution is 0.0462. The molecule has 14 heavy (non-hydrogen) atoms. The number of hydrogen-bond acceptors (Lipinski definition) is 2. The predicted octanol–water partition coefficient (Wildman–Crippen LogP) is 2.31. The molecule has 0 radical (unpaired) electrons. The molecular formula is C12H16O2. The monoisotopic (exact) mass is 192 g/mol. The fourth-order valence-electron chi connectivity index (χ4n) is 1.12. The Labute approximate surface area is 84.8 Å². The molecule has 0 heterocycles. The van der Waals surface area contributed by atoms with Crippen LogP contribution < -0.4 is 0 Å². The van der Waals surface area contributed by atoms with Crippen molar-refractivity contribution in [3.8, 4) is 0 Å². The van der Waals surface area contributed by atoms with Gasteiger partial charge in [0.1, 0.15) is 6.10 Å². The van der Waals surface area contributed by atoms with Crippen LogP contribution in [0.15, 0.2) is 42.5 Å². The second-order valence-corrected chi connectivity index (χ2v) is 3.40. The molecule has 0 saturated heterocycles. The first-order valence-electron chi connectivity index (χ1n) is 4.65. The van der Waals surface area contributed by atoms with Gasteiger partial charge >= 0.3 is 0 Å². The highest BCUT2D eigenvalue weighted by Gasteiger charge is 2.05. The van der Waals surface area contributed by atoms with E-state index in [4.69, 9.17) is 4.74 Å². The third-order valence-corrected chi connectivity index (χ3v) is 1.81. The first kappa shape index (κ1) is 11.0. The number of hydrogen-bond donors (Lipinski definition) is 1. The topological polar surface area (TPSA) is 29.5 Å². The lowest BCUT2D eigenvalue weighted by atomic mass is 10.1. The highest BCUT2D eigenvalue weighted by Crippen LogP contribution is 2.12. The molecule has 0 aliphatic carbocycles. The van der Waals surface area contributed by atoms with Gasteiger partial charge in [-0.05, 0) is 12.5 Å². The van der Waals surface area contributed by atoms with Crippen LogP contribution in [-0.4, -0.2) is 18.3 Å². The van der Waals surface area contributed by atoms with E-state index in [0.717, 1.165) is 11.1 Å². The minimum absolute atomic E-state index is 0.316. The van der Waals surface area contributed by atoms with Crippen molar-refractivity contribution < 1.29 is 9.84 Å². The van der Waals surface area contributed by atoms with E-state index in [1.54, 1.807) is 0 Å². The second-order valence-electron chi connectivity index (χ2n) is 3.40. The maximum absolute atomic E-state index is 9.68. The molecule has 0 spiro atoms. The van der Waals surface area contributed by atoms with Crippen molar-refractivity contribution in [2.24, 2.45) is 0 Å². The molecule has 0 amide bonds. The van der Waals surface area contributed by atoms with Crippen LogP contribution in [0.4, 0.5) is 0 Å². The van der Waals surface area contributed by atoms with Gasteiger partial charge in [-0.15, -0.1) is 0 Å². The van der Waals surface area contributed by atoms with E-state index >= 15 is 0 Å². The zero-order chi connectivity index (χ0) is 10.4. The number of aliphatic hydroxyl groups is 1. The molecule has 0 saturated carbocycles. The number of aliphatic hydroxyl groups excluding tert-OH is 1. The third kappa shape index (κ3) is 3.73. The Balaban J connectivity index is 2.36. The van der Waals surface area contributed by atoms with E-state index in [2.05, 4.69) is 6.58 Å². The fraction of sp³-hybridized carbons (Fsp3) is 0.333. The highest BCUT2D eigenvalue weighted by molar-refractivity contribution is 5.17. The number of rotatable bonds is 5. The molecule has 1 atom stereocenters. The average molecular weight is 192 g/mol. The minimum atomic E-state index is -0.546. The molecule has 0 aliphatic heterocycles. The lowest BCUT2D eigenvalue weighted by Gasteiger charge is -2.11. The van der Waals surface area contributed by atoms with Crippen LogP contribution >= 0.6 is 0 Å². The van der Waals surface area contributed by atoms with Gasteiger partial charge in [0, 0.05) is 0 Å². The molecule has 2 nitrogen and oxygen atoms in total. The molecule has 0 fully saturated rings. The maximum Gasteiger partial charge on any atom is 0.102 e. The van der Waals surface area contributed by atoms with Gasteiger partial charge < -0.3 is 9.84 Å². The Morgan fingerprint density at radius 1 is 1.43 bits per heavy atom. The quantitative estimate of drug-likeness (QED) is 0.725. The average Bonchev–Trinajstić information content (AvgIpc) is 2.18. The van der Waals surface area contributed by atoms with Crippen molar-refractivity contribution in [2.75, 3.05) is 13.2 Å². The molecule has 1 aromatic carbocycles. The van der Waals surface area contributed by atoms with Gasteiger partial charge in [-0.2, -0.15) is 0 Å². The van der Waals surface area contributed by atoms with Gasteiger partial charge in [-0.1, -0.05) is 42.5 Å². The minimum Gasteiger partial charge on any atom is -0.386 e. The van der Waals surface area contributed by atoms with Crippen molar-refractivity contribution in [1.29, 1.82) is 0 Å². The summed E-state index contributed by atoms with van der Waals surface area (Å²) >= 11 is 0. The van der Waals surface area contributed by atoms with Crippen LogP contribution in [0.25, 0.3) is 0 Å². The standard InChI is InChI=1S/C12H16O2/c1-10(2)8-14-9-12(13)11-6-4-3-5-7-11/h3-7,12-13H,1,8-9H2,2H3/t12-/m1/s1. The van der Waals surface area contributed by atoms with E-state index in [1.165, 1.54) is 0 Å². The van der Waals surface area contributed by atoms with E-state index in [1.807, 2.05) is 37.3 Å². The third-order valence-electron chi connectivity index (χ3n) is 1.81.